The number of hydrogen-bond donors (Lipinski definition) is 2. The summed E-state index contributed by atoms with van der Waals surface area (Å²) in [6, 6.07) is 11.0. The van der Waals surface area contributed by atoms with Gasteiger partial charge in [-0.25, -0.2) is 4.98 Å². The molecule has 0 saturated heterocycles. The van der Waals surface area contributed by atoms with Crippen LogP contribution < -0.4 is 10.6 Å². The summed E-state index contributed by atoms with van der Waals surface area (Å²) in [5, 5.41) is 6.38. The van der Waals surface area contributed by atoms with Gasteiger partial charge in [0, 0.05) is 31.3 Å². The molecule has 1 amide bonds. The lowest BCUT2D eigenvalue weighted by Crippen LogP contribution is -2.21. The highest BCUT2D eigenvalue weighted by Crippen LogP contribution is 2.24. The van der Waals surface area contributed by atoms with Gasteiger partial charge in [-0.05, 0) is 24.3 Å². The Labute approximate surface area is 134 Å². The molecule has 0 atom stereocenters. The topological polar surface area (TPSA) is 63.2 Å². The van der Waals surface area contributed by atoms with Crippen LogP contribution in [0.25, 0.3) is 11.3 Å². The van der Waals surface area contributed by atoms with Crippen LogP contribution >= 0.6 is 11.6 Å². The van der Waals surface area contributed by atoms with Crippen molar-refractivity contribution < 1.29 is 9.53 Å². The molecule has 2 aromatic rings. The number of benzene rings is 1. The van der Waals surface area contributed by atoms with E-state index in [4.69, 9.17) is 16.3 Å². The average molecular weight is 320 g/mol. The van der Waals surface area contributed by atoms with Crippen LogP contribution in [-0.2, 0) is 4.74 Å². The SMILES string of the molecule is CNC(=O)c1ccc(-c2cccc(Cl)c2)nc1NCCOC. The fraction of sp³-hybridized carbons (Fsp3) is 0.250. The molecule has 0 fully saturated rings. The molecule has 0 bridgehead atoms. The first-order valence-electron chi connectivity index (χ1n) is 6.87. The van der Waals surface area contributed by atoms with Gasteiger partial charge in [0.15, 0.2) is 0 Å². The highest BCUT2D eigenvalue weighted by Gasteiger charge is 2.13. The van der Waals surface area contributed by atoms with Crippen molar-refractivity contribution in [2.24, 2.45) is 0 Å². The van der Waals surface area contributed by atoms with Gasteiger partial charge < -0.3 is 15.4 Å². The minimum Gasteiger partial charge on any atom is -0.383 e. The van der Waals surface area contributed by atoms with Gasteiger partial charge in [-0.15, -0.1) is 0 Å². The maximum Gasteiger partial charge on any atom is 0.254 e. The van der Waals surface area contributed by atoms with Crippen LogP contribution in [0.2, 0.25) is 5.02 Å². The fourth-order valence-electron chi connectivity index (χ4n) is 1.99. The van der Waals surface area contributed by atoms with Crippen LogP contribution in [0.5, 0.6) is 0 Å². The summed E-state index contributed by atoms with van der Waals surface area (Å²) in [5.41, 5.74) is 2.13. The second-order valence-corrected chi connectivity index (χ2v) is 5.04. The van der Waals surface area contributed by atoms with Gasteiger partial charge in [-0.3, -0.25) is 4.79 Å². The number of aromatic nitrogens is 1. The zero-order valence-corrected chi connectivity index (χ0v) is 13.3. The number of carbonyl (C=O) groups is 1. The molecule has 116 valence electrons. The molecule has 5 nitrogen and oxygen atoms in total. The van der Waals surface area contributed by atoms with Gasteiger partial charge >= 0.3 is 0 Å². The minimum atomic E-state index is -0.190. The standard InChI is InChI=1S/C16H18ClN3O2/c1-18-16(21)13-6-7-14(11-4-3-5-12(17)10-11)20-15(13)19-8-9-22-2/h3-7,10H,8-9H2,1-2H3,(H,18,21)(H,19,20). The summed E-state index contributed by atoms with van der Waals surface area (Å²) in [5.74, 6) is 0.332. The number of amides is 1. The number of ether oxygens (including phenoxy) is 1. The highest BCUT2D eigenvalue weighted by atomic mass is 35.5. The minimum absolute atomic E-state index is 0.190. The molecular formula is C16H18ClN3O2. The molecule has 1 aromatic carbocycles. The Morgan fingerprint density at radius 2 is 2.14 bits per heavy atom. The first kappa shape index (κ1) is 16.3. The smallest absolute Gasteiger partial charge is 0.254 e. The second kappa shape index (κ2) is 7.77. The van der Waals surface area contributed by atoms with E-state index in [0.29, 0.717) is 29.6 Å². The van der Waals surface area contributed by atoms with Crippen LogP contribution in [0, 0.1) is 0 Å². The number of pyridine rings is 1. The molecule has 0 unspecified atom stereocenters. The lowest BCUT2D eigenvalue weighted by Gasteiger charge is -2.12. The van der Waals surface area contributed by atoms with Gasteiger partial charge in [0.05, 0.1) is 17.9 Å². The van der Waals surface area contributed by atoms with Gasteiger partial charge in [-0.1, -0.05) is 23.7 Å². The summed E-state index contributed by atoms with van der Waals surface area (Å²) in [4.78, 5) is 16.5. The monoisotopic (exact) mass is 319 g/mol. The molecule has 2 N–H and O–H groups in total. The summed E-state index contributed by atoms with van der Waals surface area (Å²) >= 11 is 6.02. The quantitative estimate of drug-likeness (QED) is 0.804. The maximum absolute atomic E-state index is 11.9. The number of nitrogens with one attached hydrogen (secondary N) is 2. The van der Waals surface area contributed by atoms with Crippen LogP contribution in [-0.4, -0.2) is 38.2 Å². The molecule has 2 rings (SSSR count). The van der Waals surface area contributed by atoms with E-state index in [1.165, 1.54) is 0 Å². The zero-order chi connectivity index (χ0) is 15.9. The van der Waals surface area contributed by atoms with Crippen LogP contribution in [0.1, 0.15) is 10.4 Å². The Morgan fingerprint density at radius 3 is 2.82 bits per heavy atom. The largest absolute Gasteiger partial charge is 0.383 e. The summed E-state index contributed by atoms with van der Waals surface area (Å²) in [7, 11) is 3.21. The van der Waals surface area contributed by atoms with E-state index in [2.05, 4.69) is 15.6 Å². The Bertz CT molecular complexity index is 662. The molecular weight excluding hydrogens is 302 g/mol. The summed E-state index contributed by atoms with van der Waals surface area (Å²) in [6.07, 6.45) is 0. The Morgan fingerprint density at radius 1 is 1.32 bits per heavy atom. The van der Waals surface area contributed by atoms with Crippen LogP contribution in [0.15, 0.2) is 36.4 Å². The van der Waals surface area contributed by atoms with E-state index in [-0.39, 0.29) is 5.91 Å². The Hall–Kier alpha value is -2.11. The van der Waals surface area contributed by atoms with Gasteiger partial charge in [0.1, 0.15) is 5.82 Å². The van der Waals surface area contributed by atoms with Crippen LogP contribution in [0.4, 0.5) is 5.82 Å². The normalized spacial score (nSPS) is 10.3. The van der Waals surface area contributed by atoms with Gasteiger partial charge in [0.25, 0.3) is 5.91 Å². The summed E-state index contributed by atoms with van der Waals surface area (Å²) in [6.45, 7) is 1.09. The fourth-order valence-corrected chi connectivity index (χ4v) is 2.18. The summed E-state index contributed by atoms with van der Waals surface area (Å²) < 4.78 is 5.01. The molecule has 22 heavy (non-hydrogen) atoms. The van der Waals surface area contributed by atoms with E-state index in [1.54, 1.807) is 26.3 Å². The van der Waals surface area contributed by atoms with E-state index in [1.807, 2.05) is 24.3 Å². The van der Waals surface area contributed by atoms with E-state index in [9.17, 15) is 4.79 Å². The number of nitrogens with zero attached hydrogens (tertiary/aromatic N) is 1. The lowest BCUT2D eigenvalue weighted by atomic mass is 10.1. The average Bonchev–Trinajstić information content (AvgIpc) is 2.54. The van der Waals surface area contributed by atoms with Crippen molar-refractivity contribution in [2.45, 2.75) is 0 Å². The van der Waals surface area contributed by atoms with Crippen molar-refractivity contribution in [3.63, 3.8) is 0 Å². The van der Waals surface area contributed by atoms with Crippen molar-refractivity contribution in [3.8, 4) is 11.3 Å². The Kier molecular flexibility index (Phi) is 5.75. The van der Waals surface area contributed by atoms with Crippen LogP contribution in [0.3, 0.4) is 0 Å². The number of anilines is 1. The molecule has 0 aliphatic heterocycles. The van der Waals surface area contributed by atoms with Crippen molar-refractivity contribution in [2.75, 3.05) is 32.6 Å². The van der Waals surface area contributed by atoms with Crippen molar-refractivity contribution in [3.05, 3.63) is 47.0 Å². The molecule has 0 radical (unpaired) electrons. The van der Waals surface area contributed by atoms with Crippen molar-refractivity contribution >= 4 is 23.3 Å². The van der Waals surface area contributed by atoms with Crippen molar-refractivity contribution in [1.29, 1.82) is 0 Å². The number of halogens is 1. The van der Waals surface area contributed by atoms with E-state index >= 15 is 0 Å². The third-order valence-corrected chi connectivity index (χ3v) is 3.32. The third kappa shape index (κ3) is 3.96. The predicted molar refractivity (Wildman–Crippen MR) is 88.4 cm³/mol. The van der Waals surface area contributed by atoms with E-state index < -0.39 is 0 Å². The molecule has 0 spiro atoms. The van der Waals surface area contributed by atoms with Crippen molar-refractivity contribution in [1.82, 2.24) is 10.3 Å². The molecule has 1 aromatic heterocycles. The predicted octanol–water partition coefficient (Wildman–Crippen LogP) is 2.82. The Balaban J connectivity index is 2.37. The zero-order valence-electron chi connectivity index (χ0n) is 12.5. The van der Waals surface area contributed by atoms with Gasteiger partial charge in [-0.2, -0.15) is 0 Å². The number of carbonyl (C=O) groups excluding carboxylic acids is 1. The van der Waals surface area contributed by atoms with Gasteiger partial charge in [0.2, 0.25) is 0 Å². The molecule has 6 heteroatoms. The number of rotatable bonds is 6. The number of methoxy groups -OCH3 is 1. The molecule has 0 aliphatic carbocycles. The maximum atomic E-state index is 11.9. The second-order valence-electron chi connectivity index (χ2n) is 4.60. The molecule has 0 saturated carbocycles. The third-order valence-electron chi connectivity index (χ3n) is 3.09. The molecule has 1 heterocycles. The molecule has 0 aliphatic rings. The lowest BCUT2D eigenvalue weighted by molar-refractivity contribution is 0.0963. The first-order valence-corrected chi connectivity index (χ1v) is 7.25. The van der Waals surface area contributed by atoms with E-state index in [0.717, 1.165) is 11.3 Å². The highest BCUT2D eigenvalue weighted by molar-refractivity contribution is 6.30. The number of hydrogen-bond acceptors (Lipinski definition) is 4. The first-order chi connectivity index (χ1) is 10.7.